The summed E-state index contributed by atoms with van der Waals surface area (Å²) in [6, 6.07) is 12.4. The molecule has 3 aromatic rings. The van der Waals surface area contributed by atoms with Crippen LogP contribution in [0.5, 0.6) is 11.5 Å². The average Bonchev–Trinajstić information content (AvgIpc) is 3.19. The summed E-state index contributed by atoms with van der Waals surface area (Å²) in [6.45, 7) is 0.505. The number of amides is 2. The Bertz CT molecular complexity index is 1050. The molecule has 162 valence electrons. The lowest BCUT2D eigenvalue weighted by molar-refractivity contribution is -0.120. The van der Waals surface area contributed by atoms with Crippen molar-refractivity contribution in [3.05, 3.63) is 69.7 Å². The van der Waals surface area contributed by atoms with Crippen LogP contribution in [0.1, 0.15) is 21.6 Å². The molecule has 0 radical (unpaired) electrons. The van der Waals surface area contributed by atoms with Gasteiger partial charge in [0.05, 0.1) is 26.3 Å². The maximum absolute atomic E-state index is 12.5. The van der Waals surface area contributed by atoms with Gasteiger partial charge in [0, 0.05) is 28.6 Å². The summed E-state index contributed by atoms with van der Waals surface area (Å²) in [5.74, 6) is 0.546. The van der Waals surface area contributed by atoms with Crippen LogP contribution in [0.3, 0.4) is 0 Å². The van der Waals surface area contributed by atoms with Crippen LogP contribution in [0.4, 0.5) is 5.13 Å². The number of ether oxygens (including phenoxy) is 2. The summed E-state index contributed by atoms with van der Waals surface area (Å²) in [4.78, 5) is 29.0. The van der Waals surface area contributed by atoms with Gasteiger partial charge >= 0.3 is 0 Å². The second kappa shape index (κ2) is 10.8. The van der Waals surface area contributed by atoms with Gasteiger partial charge in [0.15, 0.2) is 5.13 Å². The fraction of sp³-hybridized carbons (Fsp3) is 0.227. The smallest absolute Gasteiger partial charge is 0.257 e. The number of methoxy groups -OCH3 is 2. The fourth-order valence-electron chi connectivity index (χ4n) is 2.82. The summed E-state index contributed by atoms with van der Waals surface area (Å²) in [5.41, 5.74) is 2.02. The minimum Gasteiger partial charge on any atom is -0.497 e. The highest BCUT2D eigenvalue weighted by Crippen LogP contribution is 2.24. The summed E-state index contributed by atoms with van der Waals surface area (Å²) >= 11 is 7.22. The van der Waals surface area contributed by atoms with Gasteiger partial charge in [0.2, 0.25) is 5.91 Å². The van der Waals surface area contributed by atoms with Crippen LogP contribution in [0, 0.1) is 0 Å². The first-order valence-electron chi connectivity index (χ1n) is 9.47. The van der Waals surface area contributed by atoms with Crippen LogP contribution >= 0.6 is 22.9 Å². The SMILES string of the molecule is COc1cc(OC)cc(C(=O)Nc2nc(CC(=O)NCCc3cccc(Cl)c3)cs2)c1. The topological polar surface area (TPSA) is 89.6 Å². The van der Waals surface area contributed by atoms with Crippen molar-refractivity contribution in [3.63, 3.8) is 0 Å². The zero-order chi connectivity index (χ0) is 22.2. The van der Waals surface area contributed by atoms with E-state index in [4.69, 9.17) is 21.1 Å². The van der Waals surface area contributed by atoms with Crippen LogP contribution in [0.2, 0.25) is 5.02 Å². The number of nitrogens with one attached hydrogen (secondary N) is 2. The number of hydrogen-bond donors (Lipinski definition) is 2. The molecule has 0 aliphatic rings. The van der Waals surface area contributed by atoms with Gasteiger partial charge in [-0.25, -0.2) is 4.98 Å². The maximum atomic E-state index is 12.5. The molecule has 0 bridgehead atoms. The van der Waals surface area contributed by atoms with Gasteiger partial charge in [-0.15, -0.1) is 11.3 Å². The number of hydrogen-bond acceptors (Lipinski definition) is 6. The summed E-state index contributed by atoms with van der Waals surface area (Å²) in [7, 11) is 3.03. The highest BCUT2D eigenvalue weighted by molar-refractivity contribution is 7.14. The average molecular weight is 460 g/mol. The highest BCUT2D eigenvalue weighted by atomic mass is 35.5. The van der Waals surface area contributed by atoms with Crippen LogP contribution in [0.15, 0.2) is 47.8 Å². The minimum atomic E-state index is -0.343. The van der Waals surface area contributed by atoms with Gasteiger partial charge < -0.3 is 14.8 Å². The third kappa shape index (κ3) is 6.70. The Labute approximate surface area is 189 Å². The molecule has 0 spiro atoms. The predicted octanol–water partition coefficient (Wildman–Crippen LogP) is 3.97. The number of thiazole rings is 1. The van der Waals surface area contributed by atoms with E-state index in [2.05, 4.69) is 15.6 Å². The molecule has 0 aliphatic carbocycles. The first-order chi connectivity index (χ1) is 15.0. The van der Waals surface area contributed by atoms with Crippen molar-refractivity contribution in [1.29, 1.82) is 0 Å². The van der Waals surface area contributed by atoms with Crippen molar-refractivity contribution in [1.82, 2.24) is 10.3 Å². The standard InChI is InChI=1S/C22H22ClN3O4S/c1-29-18-9-15(10-19(12-18)30-2)21(28)26-22-25-17(13-31-22)11-20(27)24-7-6-14-4-3-5-16(23)8-14/h3-5,8-10,12-13H,6-7,11H2,1-2H3,(H,24,27)(H,25,26,28). The molecule has 1 aromatic heterocycles. The molecular formula is C22H22ClN3O4S. The monoisotopic (exact) mass is 459 g/mol. The molecule has 0 unspecified atom stereocenters. The van der Waals surface area contributed by atoms with E-state index in [-0.39, 0.29) is 18.2 Å². The molecular weight excluding hydrogens is 438 g/mol. The number of anilines is 1. The molecule has 0 saturated heterocycles. The second-order valence-corrected chi connectivity index (χ2v) is 7.90. The Morgan fingerprint density at radius 2 is 1.84 bits per heavy atom. The third-order valence-corrected chi connectivity index (χ3v) is 5.39. The Balaban J connectivity index is 1.51. The molecule has 0 saturated carbocycles. The molecule has 2 aromatic carbocycles. The third-order valence-electron chi connectivity index (χ3n) is 4.35. The number of benzene rings is 2. The Morgan fingerprint density at radius 1 is 1.10 bits per heavy atom. The number of carbonyl (C=O) groups excluding carboxylic acids is 2. The quantitative estimate of drug-likeness (QED) is 0.505. The number of carbonyl (C=O) groups is 2. The van der Waals surface area contributed by atoms with E-state index in [0.29, 0.717) is 45.9 Å². The van der Waals surface area contributed by atoms with Gasteiger partial charge in [-0.2, -0.15) is 0 Å². The Morgan fingerprint density at radius 3 is 2.52 bits per heavy atom. The van der Waals surface area contributed by atoms with Crippen LogP contribution in [0.25, 0.3) is 0 Å². The van der Waals surface area contributed by atoms with Gasteiger partial charge in [-0.05, 0) is 36.2 Å². The van der Waals surface area contributed by atoms with Crippen molar-refractivity contribution in [3.8, 4) is 11.5 Å². The second-order valence-electron chi connectivity index (χ2n) is 6.61. The van der Waals surface area contributed by atoms with Crippen molar-refractivity contribution in [2.24, 2.45) is 0 Å². The maximum Gasteiger partial charge on any atom is 0.257 e. The summed E-state index contributed by atoms with van der Waals surface area (Å²) in [5, 5.41) is 8.44. The summed E-state index contributed by atoms with van der Waals surface area (Å²) in [6.07, 6.45) is 0.823. The van der Waals surface area contributed by atoms with E-state index in [0.717, 1.165) is 5.56 Å². The van der Waals surface area contributed by atoms with E-state index >= 15 is 0 Å². The lowest BCUT2D eigenvalue weighted by atomic mass is 10.1. The van der Waals surface area contributed by atoms with Gasteiger partial charge in [-0.3, -0.25) is 14.9 Å². The predicted molar refractivity (Wildman–Crippen MR) is 121 cm³/mol. The zero-order valence-electron chi connectivity index (χ0n) is 17.1. The first kappa shape index (κ1) is 22.6. The molecule has 0 atom stereocenters. The van der Waals surface area contributed by atoms with E-state index in [1.807, 2.05) is 24.3 Å². The Hall–Kier alpha value is -3.10. The molecule has 0 fully saturated rings. The van der Waals surface area contributed by atoms with E-state index in [1.165, 1.54) is 25.6 Å². The molecule has 2 N–H and O–H groups in total. The number of nitrogens with zero attached hydrogens (tertiary/aromatic N) is 1. The molecule has 1 heterocycles. The minimum absolute atomic E-state index is 0.134. The van der Waals surface area contributed by atoms with Crippen LogP contribution in [-0.2, 0) is 17.6 Å². The van der Waals surface area contributed by atoms with Crippen LogP contribution in [-0.4, -0.2) is 37.6 Å². The van der Waals surface area contributed by atoms with Gasteiger partial charge in [0.1, 0.15) is 11.5 Å². The van der Waals surface area contributed by atoms with Crippen molar-refractivity contribution < 1.29 is 19.1 Å². The van der Waals surface area contributed by atoms with Crippen LogP contribution < -0.4 is 20.1 Å². The zero-order valence-corrected chi connectivity index (χ0v) is 18.7. The molecule has 7 nitrogen and oxygen atoms in total. The Kier molecular flexibility index (Phi) is 7.86. The lowest BCUT2D eigenvalue weighted by Crippen LogP contribution is -2.27. The molecule has 0 aliphatic heterocycles. The molecule has 2 amide bonds. The normalized spacial score (nSPS) is 10.4. The van der Waals surface area contributed by atoms with Crippen molar-refractivity contribution in [2.75, 3.05) is 26.1 Å². The summed E-state index contributed by atoms with van der Waals surface area (Å²) < 4.78 is 10.4. The van der Waals surface area contributed by atoms with Crippen molar-refractivity contribution in [2.45, 2.75) is 12.8 Å². The molecule has 9 heteroatoms. The van der Waals surface area contributed by atoms with E-state index < -0.39 is 0 Å². The fourth-order valence-corrected chi connectivity index (χ4v) is 3.74. The number of rotatable bonds is 9. The van der Waals surface area contributed by atoms with Gasteiger partial charge in [0.25, 0.3) is 5.91 Å². The largest absolute Gasteiger partial charge is 0.497 e. The molecule has 31 heavy (non-hydrogen) atoms. The highest BCUT2D eigenvalue weighted by Gasteiger charge is 2.13. The van der Waals surface area contributed by atoms with Crippen molar-refractivity contribution >= 4 is 39.9 Å². The van der Waals surface area contributed by atoms with E-state index in [9.17, 15) is 9.59 Å². The van der Waals surface area contributed by atoms with Gasteiger partial charge in [-0.1, -0.05) is 23.7 Å². The first-order valence-corrected chi connectivity index (χ1v) is 10.7. The molecule has 3 rings (SSSR count). The number of aromatic nitrogens is 1. The number of halogens is 1. The van der Waals surface area contributed by atoms with E-state index in [1.54, 1.807) is 23.6 Å². The lowest BCUT2D eigenvalue weighted by Gasteiger charge is -2.08.